The van der Waals surface area contributed by atoms with E-state index in [1.54, 1.807) is 0 Å². The van der Waals surface area contributed by atoms with Crippen molar-refractivity contribution in [2.24, 2.45) is 5.41 Å². The second-order valence-corrected chi connectivity index (χ2v) is 6.26. The predicted molar refractivity (Wildman–Crippen MR) is 75.7 cm³/mol. The zero-order valence-electron chi connectivity index (χ0n) is 10.4. The van der Waals surface area contributed by atoms with Gasteiger partial charge in [0.05, 0.1) is 17.3 Å². The van der Waals surface area contributed by atoms with E-state index in [1.807, 2.05) is 18.2 Å². The number of hydrogen-bond donors (Lipinski definition) is 1. The summed E-state index contributed by atoms with van der Waals surface area (Å²) < 4.78 is 0.945. The van der Waals surface area contributed by atoms with Crippen LogP contribution in [0.2, 0.25) is 0 Å². The molecule has 98 valence electrons. The molecule has 2 aliphatic rings. The van der Waals surface area contributed by atoms with Gasteiger partial charge in [0, 0.05) is 35.9 Å². The monoisotopic (exact) mass is 319 g/mol. The van der Waals surface area contributed by atoms with E-state index < -0.39 is 0 Å². The Bertz CT molecular complexity index is 581. The van der Waals surface area contributed by atoms with E-state index in [-0.39, 0.29) is 11.3 Å². The SMILES string of the molecule is N#Cc1ccc(N2CC[C@]3(CNC(=O)C3)C2)c(Br)c1. The van der Waals surface area contributed by atoms with Crippen LogP contribution in [0.1, 0.15) is 18.4 Å². The first kappa shape index (κ1) is 12.5. The van der Waals surface area contributed by atoms with Crippen molar-refractivity contribution >= 4 is 27.5 Å². The number of anilines is 1. The van der Waals surface area contributed by atoms with Gasteiger partial charge in [0.1, 0.15) is 0 Å². The highest BCUT2D eigenvalue weighted by Crippen LogP contribution is 2.40. The Hall–Kier alpha value is -1.54. The first-order valence-electron chi connectivity index (χ1n) is 6.33. The van der Waals surface area contributed by atoms with Crippen LogP contribution in [0.15, 0.2) is 22.7 Å². The van der Waals surface area contributed by atoms with Gasteiger partial charge in [-0.3, -0.25) is 4.79 Å². The van der Waals surface area contributed by atoms with Gasteiger partial charge in [0.2, 0.25) is 5.91 Å². The van der Waals surface area contributed by atoms with Gasteiger partial charge in [0.15, 0.2) is 0 Å². The lowest BCUT2D eigenvalue weighted by Gasteiger charge is -2.24. The molecule has 19 heavy (non-hydrogen) atoms. The lowest BCUT2D eigenvalue weighted by molar-refractivity contribution is -0.119. The summed E-state index contributed by atoms with van der Waals surface area (Å²) in [7, 11) is 0. The zero-order chi connectivity index (χ0) is 13.5. The molecule has 0 bridgehead atoms. The highest BCUT2D eigenvalue weighted by Gasteiger charge is 2.44. The molecular weight excluding hydrogens is 306 g/mol. The van der Waals surface area contributed by atoms with Crippen LogP contribution in [-0.4, -0.2) is 25.5 Å². The molecule has 1 amide bonds. The van der Waals surface area contributed by atoms with Crippen LogP contribution in [0.5, 0.6) is 0 Å². The summed E-state index contributed by atoms with van der Waals surface area (Å²) in [5.41, 5.74) is 1.86. The Kier molecular flexibility index (Phi) is 2.98. The van der Waals surface area contributed by atoms with Crippen molar-refractivity contribution < 1.29 is 4.79 Å². The fraction of sp³-hybridized carbons (Fsp3) is 0.429. The maximum absolute atomic E-state index is 11.4. The van der Waals surface area contributed by atoms with Crippen molar-refractivity contribution in [3.05, 3.63) is 28.2 Å². The average Bonchev–Trinajstić information content (AvgIpc) is 2.97. The van der Waals surface area contributed by atoms with Gasteiger partial charge in [0.25, 0.3) is 0 Å². The average molecular weight is 320 g/mol. The number of carbonyl (C=O) groups excluding carboxylic acids is 1. The number of rotatable bonds is 1. The fourth-order valence-electron chi connectivity index (χ4n) is 3.01. The summed E-state index contributed by atoms with van der Waals surface area (Å²) in [6.45, 7) is 2.64. The van der Waals surface area contributed by atoms with Crippen LogP contribution in [0.3, 0.4) is 0 Å². The third-order valence-electron chi connectivity index (χ3n) is 4.05. The third-order valence-corrected chi connectivity index (χ3v) is 4.69. The van der Waals surface area contributed by atoms with Crippen molar-refractivity contribution in [2.45, 2.75) is 12.8 Å². The van der Waals surface area contributed by atoms with E-state index in [9.17, 15) is 4.79 Å². The molecule has 2 fully saturated rings. The molecule has 4 nitrogen and oxygen atoms in total. The summed E-state index contributed by atoms with van der Waals surface area (Å²) in [5.74, 6) is 0.167. The van der Waals surface area contributed by atoms with Gasteiger partial charge in [-0.25, -0.2) is 0 Å². The molecule has 5 heteroatoms. The molecule has 0 aromatic heterocycles. The Morgan fingerprint density at radius 3 is 2.95 bits per heavy atom. The van der Waals surface area contributed by atoms with Gasteiger partial charge in [-0.2, -0.15) is 5.26 Å². The van der Waals surface area contributed by atoms with E-state index >= 15 is 0 Å². The molecule has 1 N–H and O–H groups in total. The number of nitrogens with one attached hydrogen (secondary N) is 1. The van der Waals surface area contributed by atoms with Gasteiger partial charge in [-0.05, 0) is 40.5 Å². The van der Waals surface area contributed by atoms with Gasteiger partial charge < -0.3 is 10.2 Å². The van der Waals surface area contributed by atoms with Gasteiger partial charge >= 0.3 is 0 Å². The lowest BCUT2D eigenvalue weighted by atomic mass is 9.86. The van der Waals surface area contributed by atoms with Crippen molar-refractivity contribution in [3.63, 3.8) is 0 Å². The molecule has 3 rings (SSSR count). The molecule has 2 heterocycles. The van der Waals surface area contributed by atoms with Crippen LogP contribution < -0.4 is 10.2 Å². The van der Waals surface area contributed by atoms with Crippen molar-refractivity contribution in [2.75, 3.05) is 24.5 Å². The number of nitriles is 1. The molecule has 2 aliphatic heterocycles. The minimum atomic E-state index is 0.102. The maximum atomic E-state index is 11.4. The molecular formula is C14H14BrN3O. The summed E-state index contributed by atoms with van der Waals surface area (Å²) in [6.07, 6.45) is 1.68. The number of hydrogen-bond acceptors (Lipinski definition) is 3. The summed E-state index contributed by atoms with van der Waals surface area (Å²) in [6, 6.07) is 7.80. The Balaban J connectivity index is 1.82. The highest BCUT2D eigenvalue weighted by molar-refractivity contribution is 9.10. The number of benzene rings is 1. The number of halogens is 1. The van der Waals surface area contributed by atoms with Crippen LogP contribution in [0.4, 0.5) is 5.69 Å². The van der Waals surface area contributed by atoms with Gasteiger partial charge in [-0.1, -0.05) is 0 Å². The Labute approximate surface area is 120 Å². The zero-order valence-corrected chi connectivity index (χ0v) is 12.0. The third kappa shape index (κ3) is 2.21. The normalized spacial score (nSPS) is 25.7. The van der Waals surface area contributed by atoms with E-state index in [1.165, 1.54) is 0 Å². The molecule has 1 atom stereocenters. The molecule has 1 aromatic rings. The van der Waals surface area contributed by atoms with Crippen molar-refractivity contribution in [1.29, 1.82) is 5.26 Å². The number of nitrogens with zero attached hydrogens (tertiary/aromatic N) is 2. The summed E-state index contributed by atoms with van der Waals surface area (Å²) in [4.78, 5) is 13.7. The van der Waals surface area contributed by atoms with Crippen LogP contribution >= 0.6 is 15.9 Å². The summed E-state index contributed by atoms with van der Waals surface area (Å²) in [5, 5.41) is 11.8. The molecule has 1 spiro atoms. The standard InChI is InChI=1S/C14H14BrN3O/c15-11-5-10(7-16)1-2-12(11)18-4-3-14(9-18)6-13(19)17-8-14/h1-2,5H,3-4,6,8-9H2,(H,17,19)/t14-/m0/s1. The van der Waals surface area contributed by atoms with Crippen molar-refractivity contribution in [1.82, 2.24) is 5.32 Å². The van der Waals surface area contributed by atoms with Crippen LogP contribution in [-0.2, 0) is 4.79 Å². The topological polar surface area (TPSA) is 56.1 Å². The molecule has 0 radical (unpaired) electrons. The molecule has 2 saturated heterocycles. The maximum Gasteiger partial charge on any atom is 0.220 e. The van der Waals surface area contributed by atoms with Crippen molar-refractivity contribution in [3.8, 4) is 6.07 Å². The van der Waals surface area contributed by atoms with E-state index in [4.69, 9.17) is 5.26 Å². The minimum Gasteiger partial charge on any atom is -0.370 e. The predicted octanol–water partition coefficient (Wildman–Crippen LogP) is 2.04. The first-order valence-corrected chi connectivity index (χ1v) is 7.13. The van der Waals surface area contributed by atoms with E-state index in [0.29, 0.717) is 12.0 Å². The minimum absolute atomic E-state index is 0.102. The van der Waals surface area contributed by atoms with Crippen LogP contribution in [0.25, 0.3) is 0 Å². The fourth-order valence-corrected chi connectivity index (χ4v) is 3.64. The van der Waals surface area contributed by atoms with E-state index in [0.717, 1.165) is 36.2 Å². The Morgan fingerprint density at radius 2 is 2.32 bits per heavy atom. The first-order chi connectivity index (χ1) is 9.12. The Morgan fingerprint density at radius 1 is 1.47 bits per heavy atom. The highest BCUT2D eigenvalue weighted by atomic mass is 79.9. The molecule has 1 aromatic carbocycles. The van der Waals surface area contributed by atoms with Crippen LogP contribution in [0, 0.1) is 16.7 Å². The van der Waals surface area contributed by atoms with Gasteiger partial charge in [-0.15, -0.1) is 0 Å². The molecule has 0 saturated carbocycles. The second-order valence-electron chi connectivity index (χ2n) is 5.40. The smallest absolute Gasteiger partial charge is 0.220 e. The molecule has 0 aliphatic carbocycles. The van der Waals surface area contributed by atoms with E-state index in [2.05, 4.69) is 32.2 Å². The molecule has 0 unspecified atom stereocenters. The quantitative estimate of drug-likeness (QED) is 0.861. The largest absolute Gasteiger partial charge is 0.370 e. The number of amides is 1. The summed E-state index contributed by atoms with van der Waals surface area (Å²) >= 11 is 3.53. The lowest BCUT2D eigenvalue weighted by Crippen LogP contribution is -2.29. The number of carbonyl (C=O) groups is 1. The second kappa shape index (κ2) is 4.53.